The Morgan fingerprint density at radius 2 is 2.00 bits per heavy atom. The van der Waals surface area contributed by atoms with E-state index in [0.717, 1.165) is 18.0 Å². The average Bonchev–Trinajstić information content (AvgIpc) is 2.96. The molecule has 126 valence electrons. The number of hydrogen-bond acceptors (Lipinski definition) is 3. The topological polar surface area (TPSA) is 50.9 Å². The van der Waals surface area contributed by atoms with Gasteiger partial charge in [-0.2, -0.15) is 5.10 Å². The second kappa shape index (κ2) is 6.28. The molecule has 4 nitrogen and oxygen atoms in total. The summed E-state index contributed by atoms with van der Waals surface area (Å²) in [6, 6.07) is 8.15. The van der Waals surface area contributed by atoms with Crippen molar-refractivity contribution < 1.29 is 13.9 Å². The van der Waals surface area contributed by atoms with E-state index >= 15 is 0 Å². The van der Waals surface area contributed by atoms with Crippen molar-refractivity contribution in [2.75, 3.05) is 0 Å². The molecule has 0 saturated carbocycles. The molecule has 0 fully saturated rings. The van der Waals surface area contributed by atoms with E-state index in [1.54, 1.807) is 29.2 Å². The summed E-state index contributed by atoms with van der Waals surface area (Å²) in [5, 5.41) is 14.1. The summed E-state index contributed by atoms with van der Waals surface area (Å²) in [5.74, 6) is -2.89. The lowest BCUT2D eigenvalue weighted by atomic mass is 10.0. The van der Waals surface area contributed by atoms with Gasteiger partial charge < -0.3 is 5.11 Å². The Morgan fingerprint density at radius 1 is 1.21 bits per heavy atom. The van der Waals surface area contributed by atoms with E-state index in [1.807, 2.05) is 13.0 Å². The zero-order valence-corrected chi connectivity index (χ0v) is 13.6. The van der Waals surface area contributed by atoms with E-state index in [-0.39, 0.29) is 5.56 Å². The van der Waals surface area contributed by atoms with Crippen LogP contribution in [-0.4, -0.2) is 26.0 Å². The molecule has 0 radical (unpaired) electrons. The second-order valence-electron chi connectivity index (χ2n) is 5.99. The highest BCUT2D eigenvalue weighted by Gasteiger charge is 2.24. The van der Waals surface area contributed by atoms with Crippen LogP contribution in [0.15, 0.2) is 42.7 Å². The third-order valence-corrected chi connectivity index (χ3v) is 4.05. The van der Waals surface area contributed by atoms with Gasteiger partial charge in [-0.15, -0.1) is 0 Å². The zero-order chi connectivity index (χ0) is 17.3. The van der Waals surface area contributed by atoms with E-state index < -0.39 is 12.0 Å². The standard InChI is InChI=1S/C18H19F2N3O/c1-3-15(24)11-23-17-8-13(9-21-16(17)10-22-23)12-5-4-6-14(7-12)18(2,19)20/h4-10,15,24H,3,11H2,1-2H3. The van der Waals surface area contributed by atoms with Crippen molar-refractivity contribution in [3.63, 3.8) is 0 Å². The number of aromatic nitrogens is 3. The van der Waals surface area contributed by atoms with Crippen LogP contribution in [0.4, 0.5) is 8.78 Å². The Morgan fingerprint density at radius 3 is 2.71 bits per heavy atom. The smallest absolute Gasteiger partial charge is 0.270 e. The predicted molar refractivity (Wildman–Crippen MR) is 88.8 cm³/mol. The number of hydrogen-bond donors (Lipinski definition) is 1. The van der Waals surface area contributed by atoms with Crippen LogP contribution in [0.2, 0.25) is 0 Å². The molecule has 0 spiro atoms. The van der Waals surface area contributed by atoms with E-state index in [0.29, 0.717) is 24.0 Å². The molecule has 2 heterocycles. The van der Waals surface area contributed by atoms with Crippen LogP contribution in [0.25, 0.3) is 22.2 Å². The van der Waals surface area contributed by atoms with E-state index in [9.17, 15) is 13.9 Å². The number of nitrogens with zero attached hydrogens (tertiary/aromatic N) is 3. The fourth-order valence-corrected chi connectivity index (χ4v) is 2.56. The Bertz CT molecular complexity index is 855. The first-order chi connectivity index (χ1) is 11.4. The van der Waals surface area contributed by atoms with Crippen LogP contribution in [-0.2, 0) is 12.5 Å². The van der Waals surface area contributed by atoms with Crippen molar-refractivity contribution in [3.05, 3.63) is 48.3 Å². The molecule has 6 heteroatoms. The van der Waals surface area contributed by atoms with Crippen LogP contribution in [0, 0.1) is 0 Å². The number of rotatable bonds is 5. The van der Waals surface area contributed by atoms with Gasteiger partial charge in [0.2, 0.25) is 0 Å². The van der Waals surface area contributed by atoms with Gasteiger partial charge in [0.05, 0.1) is 24.4 Å². The first-order valence-corrected chi connectivity index (χ1v) is 7.87. The molecule has 0 aliphatic carbocycles. The molecule has 3 aromatic rings. The molecule has 1 unspecified atom stereocenters. The lowest BCUT2D eigenvalue weighted by molar-refractivity contribution is 0.0175. The predicted octanol–water partition coefficient (Wildman–Crippen LogP) is 3.98. The summed E-state index contributed by atoms with van der Waals surface area (Å²) in [6.45, 7) is 3.16. The Labute approximate surface area is 138 Å². The highest BCUT2D eigenvalue weighted by molar-refractivity contribution is 5.80. The van der Waals surface area contributed by atoms with Crippen molar-refractivity contribution in [2.24, 2.45) is 0 Å². The van der Waals surface area contributed by atoms with Crippen molar-refractivity contribution in [1.82, 2.24) is 14.8 Å². The lowest BCUT2D eigenvalue weighted by Crippen LogP contribution is -2.15. The van der Waals surface area contributed by atoms with Crippen LogP contribution in [0.5, 0.6) is 0 Å². The van der Waals surface area contributed by atoms with Gasteiger partial charge in [-0.05, 0) is 24.1 Å². The highest BCUT2D eigenvalue weighted by atomic mass is 19.3. The molecular formula is C18H19F2N3O. The normalized spacial score (nSPS) is 13.4. The van der Waals surface area contributed by atoms with Crippen molar-refractivity contribution in [1.29, 1.82) is 0 Å². The molecule has 1 N–H and O–H groups in total. The van der Waals surface area contributed by atoms with Gasteiger partial charge >= 0.3 is 0 Å². The maximum absolute atomic E-state index is 13.5. The van der Waals surface area contributed by atoms with Gasteiger partial charge in [0.25, 0.3) is 5.92 Å². The maximum atomic E-state index is 13.5. The first-order valence-electron chi connectivity index (χ1n) is 7.87. The number of alkyl halides is 2. The van der Waals surface area contributed by atoms with E-state index in [4.69, 9.17) is 0 Å². The molecule has 3 rings (SSSR count). The summed E-state index contributed by atoms with van der Waals surface area (Å²) < 4.78 is 28.8. The third-order valence-electron chi connectivity index (χ3n) is 4.05. The molecule has 0 bridgehead atoms. The fraction of sp³-hybridized carbons (Fsp3) is 0.333. The summed E-state index contributed by atoms with van der Waals surface area (Å²) in [6.07, 6.45) is 3.43. The van der Waals surface area contributed by atoms with Gasteiger partial charge in [-0.1, -0.05) is 25.1 Å². The molecule has 0 aliphatic heterocycles. The number of benzene rings is 1. The van der Waals surface area contributed by atoms with Gasteiger partial charge in [0, 0.05) is 24.2 Å². The second-order valence-corrected chi connectivity index (χ2v) is 5.99. The van der Waals surface area contributed by atoms with Gasteiger partial charge in [0.15, 0.2) is 0 Å². The summed E-state index contributed by atoms with van der Waals surface area (Å²) in [4.78, 5) is 4.35. The zero-order valence-electron chi connectivity index (χ0n) is 13.6. The van der Waals surface area contributed by atoms with Crippen LogP contribution >= 0.6 is 0 Å². The average molecular weight is 331 g/mol. The van der Waals surface area contributed by atoms with Crippen molar-refractivity contribution in [2.45, 2.75) is 38.8 Å². The molecule has 0 amide bonds. The minimum atomic E-state index is -2.89. The first kappa shape index (κ1) is 16.5. The summed E-state index contributed by atoms with van der Waals surface area (Å²) in [5.41, 5.74) is 2.86. The molecule has 1 aromatic carbocycles. The van der Waals surface area contributed by atoms with E-state index in [2.05, 4.69) is 10.1 Å². The third kappa shape index (κ3) is 3.28. The Kier molecular flexibility index (Phi) is 4.32. The molecule has 24 heavy (non-hydrogen) atoms. The van der Waals surface area contributed by atoms with Crippen LogP contribution in [0.1, 0.15) is 25.8 Å². The monoisotopic (exact) mass is 331 g/mol. The summed E-state index contributed by atoms with van der Waals surface area (Å²) >= 11 is 0. The number of aliphatic hydroxyl groups is 1. The van der Waals surface area contributed by atoms with Crippen LogP contribution in [0.3, 0.4) is 0 Å². The largest absolute Gasteiger partial charge is 0.391 e. The Balaban J connectivity index is 2.03. The number of fused-ring (bicyclic) bond motifs is 1. The van der Waals surface area contributed by atoms with Crippen LogP contribution < -0.4 is 0 Å². The minimum Gasteiger partial charge on any atom is -0.391 e. The van der Waals surface area contributed by atoms with Gasteiger partial charge in [0.1, 0.15) is 5.52 Å². The maximum Gasteiger partial charge on any atom is 0.270 e. The van der Waals surface area contributed by atoms with E-state index in [1.165, 1.54) is 12.1 Å². The molecule has 0 aliphatic rings. The number of halogens is 2. The Hall–Kier alpha value is -2.34. The molecule has 0 saturated heterocycles. The fourth-order valence-electron chi connectivity index (χ4n) is 2.56. The quantitative estimate of drug-likeness (QED) is 0.769. The molecule has 2 aromatic heterocycles. The van der Waals surface area contributed by atoms with Crippen molar-refractivity contribution in [3.8, 4) is 11.1 Å². The summed E-state index contributed by atoms with van der Waals surface area (Å²) in [7, 11) is 0. The SMILES string of the molecule is CCC(O)Cn1ncc2ncc(-c3cccc(C(C)(F)F)c3)cc21. The molecular weight excluding hydrogens is 312 g/mol. The number of aliphatic hydroxyl groups excluding tert-OH is 1. The van der Waals surface area contributed by atoms with Gasteiger partial charge in [-0.3, -0.25) is 9.67 Å². The highest BCUT2D eigenvalue weighted by Crippen LogP contribution is 2.31. The van der Waals surface area contributed by atoms with Crippen molar-refractivity contribution >= 4 is 11.0 Å². The lowest BCUT2D eigenvalue weighted by Gasteiger charge is -2.12. The minimum absolute atomic E-state index is 0.0324. The van der Waals surface area contributed by atoms with Gasteiger partial charge in [-0.25, -0.2) is 8.78 Å². The molecule has 1 atom stereocenters. The number of pyridine rings is 1.